The lowest BCUT2D eigenvalue weighted by atomic mass is 9.99. The van der Waals surface area contributed by atoms with E-state index in [1.54, 1.807) is 0 Å². The normalized spacial score (nSPS) is 22.6. The lowest BCUT2D eigenvalue weighted by molar-refractivity contribution is 0.416. The van der Waals surface area contributed by atoms with Gasteiger partial charge in [0.25, 0.3) is 0 Å². The first kappa shape index (κ1) is 14.4. The van der Waals surface area contributed by atoms with Crippen molar-refractivity contribution in [2.75, 3.05) is 11.4 Å². The number of rotatable bonds is 2. The quantitative estimate of drug-likeness (QED) is 0.895. The summed E-state index contributed by atoms with van der Waals surface area (Å²) in [5.74, 6) is 1.49. The van der Waals surface area contributed by atoms with Crippen molar-refractivity contribution in [2.24, 2.45) is 5.73 Å². The van der Waals surface area contributed by atoms with Gasteiger partial charge in [-0.2, -0.15) is 4.98 Å². The molecule has 0 radical (unpaired) electrons. The van der Waals surface area contributed by atoms with Crippen molar-refractivity contribution < 1.29 is 0 Å². The molecule has 1 aromatic heterocycles. The molecule has 1 fully saturated rings. The highest BCUT2D eigenvalue weighted by Gasteiger charge is 2.27. The molecule has 2 heterocycles. The largest absolute Gasteiger partial charge is 0.335 e. The molecule has 6 heteroatoms. The van der Waals surface area contributed by atoms with Gasteiger partial charge in [0.2, 0.25) is 5.95 Å². The van der Waals surface area contributed by atoms with Gasteiger partial charge in [0.1, 0.15) is 0 Å². The third kappa shape index (κ3) is 2.76. The predicted molar refractivity (Wildman–Crippen MR) is 85.6 cm³/mol. The van der Waals surface area contributed by atoms with E-state index in [-0.39, 0.29) is 12.1 Å². The van der Waals surface area contributed by atoms with E-state index in [1.165, 1.54) is 0 Å². The van der Waals surface area contributed by atoms with Crippen LogP contribution in [0, 0.1) is 6.92 Å². The fourth-order valence-electron chi connectivity index (χ4n) is 2.85. The second-order valence-electron chi connectivity index (χ2n) is 5.68. The van der Waals surface area contributed by atoms with E-state index in [1.807, 2.05) is 25.1 Å². The van der Waals surface area contributed by atoms with Crippen LogP contribution in [-0.4, -0.2) is 33.8 Å². The first-order chi connectivity index (χ1) is 10.1. The molecule has 2 atom stereocenters. The van der Waals surface area contributed by atoms with E-state index in [0.717, 1.165) is 47.3 Å². The van der Waals surface area contributed by atoms with E-state index in [9.17, 15) is 0 Å². The van der Waals surface area contributed by atoms with Gasteiger partial charge in [0.15, 0.2) is 5.82 Å². The molecule has 0 amide bonds. The number of nitrogens with two attached hydrogens (primary N) is 1. The van der Waals surface area contributed by atoms with Crippen LogP contribution < -0.4 is 10.6 Å². The number of H-pyrrole nitrogens is 1. The van der Waals surface area contributed by atoms with Gasteiger partial charge in [0, 0.05) is 29.2 Å². The minimum atomic E-state index is 0.179. The van der Waals surface area contributed by atoms with Crippen molar-refractivity contribution in [1.82, 2.24) is 15.2 Å². The molecule has 3 N–H and O–H groups in total. The molecule has 2 unspecified atom stereocenters. The number of anilines is 1. The number of piperidine rings is 1. The van der Waals surface area contributed by atoms with Crippen LogP contribution in [-0.2, 0) is 0 Å². The van der Waals surface area contributed by atoms with Gasteiger partial charge in [-0.15, -0.1) is 5.10 Å². The van der Waals surface area contributed by atoms with Crippen LogP contribution >= 0.6 is 11.6 Å². The summed E-state index contributed by atoms with van der Waals surface area (Å²) in [6.07, 6.45) is 2.14. The summed E-state index contributed by atoms with van der Waals surface area (Å²) in [6.45, 7) is 5.10. The van der Waals surface area contributed by atoms with Gasteiger partial charge < -0.3 is 10.6 Å². The highest BCUT2D eigenvalue weighted by molar-refractivity contribution is 6.30. The topological polar surface area (TPSA) is 70.8 Å². The van der Waals surface area contributed by atoms with Crippen molar-refractivity contribution >= 4 is 17.5 Å². The Morgan fingerprint density at radius 2 is 2.24 bits per heavy atom. The summed E-state index contributed by atoms with van der Waals surface area (Å²) in [5, 5.41) is 8.12. The molecule has 1 aliphatic rings. The molecular formula is C15H20ClN5. The van der Waals surface area contributed by atoms with E-state index in [2.05, 4.69) is 27.0 Å². The Labute approximate surface area is 129 Å². The number of benzene rings is 1. The molecule has 21 heavy (non-hydrogen) atoms. The van der Waals surface area contributed by atoms with Gasteiger partial charge in [-0.1, -0.05) is 11.6 Å². The zero-order valence-corrected chi connectivity index (χ0v) is 13.1. The summed E-state index contributed by atoms with van der Waals surface area (Å²) in [5.41, 5.74) is 8.24. The van der Waals surface area contributed by atoms with Crippen LogP contribution in [0.3, 0.4) is 0 Å². The van der Waals surface area contributed by atoms with Crippen LogP contribution in [0.4, 0.5) is 5.95 Å². The van der Waals surface area contributed by atoms with Crippen molar-refractivity contribution in [2.45, 2.75) is 38.8 Å². The fourth-order valence-corrected chi connectivity index (χ4v) is 3.08. The molecule has 0 saturated carbocycles. The van der Waals surface area contributed by atoms with E-state index < -0.39 is 0 Å². The maximum Gasteiger partial charge on any atom is 0.245 e. The molecule has 1 aliphatic heterocycles. The summed E-state index contributed by atoms with van der Waals surface area (Å²) in [4.78, 5) is 6.82. The monoisotopic (exact) mass is 305 g/mol. The predicted octanol–water partition coefficient (Wildman–Crippen LogP) is 2.75. The second-order valence-corrected chi connectivity index (χ2v) is 6.12. The zero-order valence-electron chi connectivity index (χ0n) is 12.3. The van der Waals surface area contributed by atoms with Gasteiger partial charge in [-0.25, -0.2) is 0 Å². The molecule has 112 valence electrons. The minimum Gasteiger partial charge on any atom is -0.335 e. The minimum absolute atomic E-state index is 0.179. The van der Waals surface area contributed by atoms with Gasteiger partial charge in [-0.3, -0.25) is 5.10 Å². The van der Waals surface area contributed by atoms with E-state index in [4.69, 9.17) is 17.3 Å². The summed E-state index contributed by atoms with van der Waals surface area (Å²) in [7, 11) is 0. The van der Waals surface area contributed by atoms with Crippen molar-refractivity contribution in [3.63, 3.8) is 0 Å². The summed E-state index contributed by atoms with van der Waals surface area (Å²) in [6, 6.07) is 6.20. The zero-order chi connectivity index (χ0) is 15.0. The third-order valence-electron chi connectivity index (χ3n) is 4.22. The van der Waals surface area contributed by atoms with Gasteiger partial charge >= 0.3 is 0 Å². The maximum atomic E-state index is 6.14. The number of aryl methyl sites for hydroxylation is 1. The van der Waals surface area contributed by atoms with Crippen LogP contribution in [0.1, 0.15) is 25.3 Å². The molecule has 5 nitrogen and oxygen atoms in total. The van der Waals surface area contributed by atoms with Gasteiger partial charge in [-0.05, 0) is 50.5 Å². The molecule has 1 aromatic carbocycles. The highest BCUT2D eigenvalue weighted by atomic mass is 35.5. The smallest absolute Gasteiger partial charge is 0.245 e. The van der Waals surface area contributed by atoms with Crippen LogP contribution in [0.15, 0.2) is 18.2 Å². The Balaban J connectivity index is 1.89. The number of nitrogens with zero attached hydrogens (tertiary/aromatic N) is 3. The standard InChI is InChI=1S/C15H20ClN5/c1-9-8-11(16)5-6-12(9)14-18-15(20-19-14)21-7-3-4-13(17)10(21)2/h5-6,8,10,13H,3-4,7,17H2,1-2H3,(H,18,19,20). The van der Waals surface area contributed by atoms with Crippen molar-refractivity contribution in [3.05, 3.63) is 28.8 Å². The maximum absolute atomic E-state index is 6.14. The second kappa shape index (κ2) is 5.66. The molecule has 0 bridgehead atoms. The molecule has 0 spiro atoms. The molecular weight excluding hydrogens is 286 g/mol. The Bertz CT molecular complexity index is 639. The van der Waals surface area contributed by atoms with E-state index in [0.29, 0.717) is 0 Å². The average molecular weight is 306 g/mol. The Kier molecular flexibility index (Phi) is 3.87. The molecule has 3 rings (SSSR count). The number of hydrogen-bond donors (Lipinski definition) is 2. The number of aromatic amines is 1. The Morgan fingerprint density at radius 3 is 3.00 bits per heavy atom. The van der Waals surface area contributed by atoms with Crippen LogP contribution in [0.2, 0.25) is 5.02 Å². The molecule has 0 aliphatic carbocycles. The van der Waals surface area contributed by atoms with Crippen molar-refractivity contribution in [3.8, 4) is 11.4 Å². The fraction of sp³-hybridized carbons (Fsp3) is 0.467. The highest BCUT2D eigenvalue weighted by Crippen LogP contribution is 2.26. The Hall–Kier alpha value is -1.59. The molecule has 2 aromatic rings. The number of nitrogens with one attached hydrogen (secondary N) is 1. The number of aromatic nitrogens is 3. The Morgan fingerprint density at radius 1 is 1.43 bits per heavy atom. The first-order valence-electron chi connectivity index (χ1n) is 7.27. The third-order valence-corrected chi connectivity index (χ3v) is 4.46. The molecule has 1 saturated heterocycles. The van der Waals surface area contributed by atoms with Crippen LogP contribution in [0.25, 0.3) is 11.4 Å². The van der Waals surface area contributed by atoms with E-state index >= 15 is 0 Å². The SMILES string of the molecule is Cc1cc(Cl)ccc1-c1nc(N2CCCC(N)C2C)n[nH]1. The number of halogens is 1. The first-order valence-corrected chi connectivity index (χ1v) is 7.65. The van der Waals surface area contributed by atoms with Gasteiger partial charge in [0.05, 0.1) is 0 Å². The lowest BCUT2D eigenvalue weighted by Crippen LogP contribution is -2.50. The summed E-state index contributed by atoms with van der Waals surface area (Å²) < 4.78 is 0. The van der Waals surface area contributed by atoms with Crippen LogP contribution in [0.5, 0.6) is 0 Å². The summed E-state index contributed by atoms with van der Waals surface area (Å²) >= 11 is 6.00. The number of hydrogen-bond acceptors (Lipinski definition) is 4. The average Bonchev–Trinajstić information content (AvgIpc) is 2.91. The lowest BCUT2D eigenvalue weighted by Gasteiger charge is -2.36. The van der Waals surface area contributed by atoms with Crippen molar-refractivity contribution in [1.29, 1.82) is 0 Å².